The summed E-state index contributed by atoms with van der Waals surface area (Å²) in [5.41, 5.74) is -0.823. The van der Waals surface area contributed by atoms with E-state index >= 15 is 0 Å². The van der Waals surface area contributed by atoms with Crippen molar-refractivity contribution in [2.75, 3.05) is 13.2 Å². The molecule has 22 heavy (non-hydrogen) atoms. The maximum absolute atomic E-state index is 12.1. The molecule has 2 N–H and O–H groups in total. The molecule has 9 nitrogen and oxygen atoms in total. The first-order valence-electron chi connectivity index (χ1n) is 6.95. The van der Waals surface area contributed by atoms with E-state index < -0.39 is 35.9 Å². The maximum Gasteiger partial charge on any atom is 0.429 e. The van der Waals surface area contributed by atoms with Gasteiger partial charge in [0.1, 0.15) is 5.60 Å². The number of amides is 2. The number of rotatable bonds is 2. The van der Waals surface area contributed by atoms with Crippen LogP contribution in [0, 0.1) is 0 Å². The molecule has 0 radical (unpaired) electrons. The Labute approximate surface area is 128 Å². The van der Waals surface area contributed by atoms with Gasteiger partial charge in [0.05, 0.1) is 12.7 Å². The number of hydrazine groups is 1. The van der Waals surface area contributed by atoms with E-state index in [0.29, 0.717) is 5.01 Å². The highest BCUT2D eigenvalue weighted by Gasteiger charge is 2.47. The van der Waals surface area contributed by atoms with Gasteiger partial charge in [-0.2, -0.15) is 5.01 Å². The van der Waals surface area contributed by atoms with Crippen LogP contribution in [0.1, 0.15) is 34.1 Å². The summed E-state index contributed by atoms with van der Waals surface area (Å²) in [6.45, 7) is 6.41. The summed E-state index contributed by atoms with van der Waals surface area (Å²) >= 11 is 0. The Hall–Kier alpha value is -2.03. The molecule has 0 aromatic carbocycles. The third-order valence-electron chi connectivity index (χ3n) is 2.85. The molecule has 1 fully saturated rings. The summed E-state index contributed by atoms with van der Waals surface area (Å²) in [4.78, 5) is 35.5. The molecule has 0 spiro atoms. The second-order valence-electron chi connectivity index (χ2n) is 5.78. The summed E-state index contributed by atoms with van der Waals surface area (Å²) in [6.07, 6.45) is -3.68. The second kappa shape index (κ2) is 6.82. The van der Waals surface area contributed by atoms with E-state index in [2.05, 4.69) is 0 Å². The average molecular weight is 318 g/mol. The van der Waals surface area contributed by atoms with Gasteiger partial charge in [0.2, 0.25) is 0 Å². The van der Waals surface area contributed by atoms with Crippen molar-refractivity contribution in [3.05, 3.63) is 0 Å². The molecule has 0 unspecified atom stereocenters. The molecular formula is C13H22N2O7. The quantitative estimate of drug-likeness (QED) is 0.724. The van der Waals surface area contributed by atoms with Crippen molar-refractivity contribution in [1.29, 1.82) is 0 Å². The molecule has 0 bridgehead atoms. The van der Waals surface area contributed by atoms with Crippen LogP contribution in [0.2, 0.25) is 0 Å². The first kappa shape index (κ1) is 18.0. The number of carboxylic acid groups (broad SMARTS) is 1. The lowest BCUT2D eigenvalue weighted by Crippen LogP contribution is -2.65. The zero-order valence-electron chi connectivity index (χ0n) is 13.1. The van der Waals surface area contributed by atoms with Crippen LogP contribution in [0.25, 0.3) is 0 Å². The van der Waals surface area contributed by atoms with Crippen molar-refractivity contribution in [2.45, 2.75) is 51.9 Å². The molecular weight excluding hydrogens is 296 g/mol. The van der Waals surface area contributed by atoms with Gasteiger partial charge in [-0.25, -0.2) is 19.4 Å². The van der Waals surface area contributed by atoms with Gasteiger partial charge in [0.25, 0.3) is 0 Å². The third kappa shape index (κ3) is 4.23. The zero-order valence-corrected chi connectivity index (χ0v) is 13.1. The Morgan fingerprint density at radius 2 is 1.86 bits per heavy atom. The number of esters is 1. The van der Waals surface area contributed by atoms with E-state index in [4.69, 9.17) is 9.47 Å². The van der Waals surface area contributed by atoms with Gasteiger partial charge in [0.15, 0.2) is 6.04 Å². The van der Waals surface area contributed by atoms with Gasteiger partial charge in [-0.1, -0.05) is 0 Å². The standard InChI is InChI=1S/C13H22N2O7/c1-5-21-10(17)9-8(16)6-7-14(15(9)11(18)19)12(20)22-13(2,3)4/h8-9,16H,5-7H2,1-4H3,(H,18,19)/t8-,9-/m0/s1. The van der Waals surface area contributed by atoms with E-state index in [-0.39, 0.29) is 19.6 Å². The first-order valence-corrected chi connectivity index (χ1v) is 6.95. The van der Waals surface area contributed by atoms with Crippen LogP contribution in [0.3, 0.4) is 0 Å². The molecule has 1 rings (SSSR count). The van der Waals surface area contributed by atoms with Crippen molar-refractivity contribution in [3.8, 4) is 0 Å². The lowest BCUT2D eigenvalue weighted by molar-refractivity contribution is -0.169. The van der Waals surface area contributed by atoms with Gasteiger partial charge in [-0.15, -0.1) is 0 Å². The van der Waals surface area contributed by atoms with Crippen molar-refractivity contribution < 1.29 is 34.1 Å². The predicted molar refractivity (Wildman–Crippen MR) is 73.8 cm³/mol. The number of ether oxygens (including phenoxy) is 2. The number of aliphatic hydroxyl groups is 1. The molecule has 1 aliphatic rings. The topological polar surface area (TPSA) is 117 Å². The number of aliphatic hydroxyl groups excluding tert-OH is 1. The molecule has 1 saturated heterocycles. The monoisotopic (exact) mass is 318 g/mol. The highest BCUT2D eigenvalue weighted by molar-refractivity contribution is 5.83. The summed E-state index contributed by atoms with van der Waals surface area (Å²) in [5, 5.41) is 20.5. The lowest BCUT2D eigenvalue weighted by atomic mass is 10.1. The van der Waals surface area contributed by atoms with E-state index in [0.717, 1.165) is 5.01 Å². The fourth-order valence-corrected chi connectivity index (χ4v) is 2.03. The van der Waals surface area contributed by atoms with Crippen LogP contribution < -0.4 is 0 Å². The Bertz CT molecular complexity index is 446. The average Bonchev–Trinajstić information content (AvgIpc) is 2.35. The largest absolute Gasteiger partial charge is 0.464 e. The van der Waals surface area contributed by atoms with Crippen LogP contribution in [-0.2, 0) is 14.3 Å². The van der Waals surface area contributed by atoms with Crippen molar-refractivity contribution >= 4 is 18.2 Å². The van der Waals surface area contributed by atoms with E-state index in [1.165, 1.54) is 0 Å². The Morgan fingerprint density at radius 1 is 1.27 bits per heavy atom. The van der Waals surface area contributed by atoms with Crippen LogP contribution in [0.5, 0.6) is 0 Å². The van der Waals surface area contributed by atoms with Crippen LogP contribution in [0.4, 0.5) is 9.59 Å². The van der Waals surface area contributed by atoms with E-state index in [1.807, 2.05) is 0 Å². The van der Waals surface area contributed by atoms with Crippen LogP contribution in [0.15, 0.2) is 0 Å². The number of hydrogen-bond donors (Lipinski definition) is 2. The minimum atomic E-state index is -1.55. The van der Waals surface area contributed by atoms with Gasteiger partial charge < -0.3 is 19.7 Å². The van der Waals surface area contributed by atoms with Gasteiger partial charge in [0, 0.05) is 6.54 Å². The first-order chi connectivity index (χ1) is 10.1. The van der Waals surface area contributed by atoms with Crippen molar-refractivity contribution in [1.82, 2.24) is 10.0 Å². The van der Waals surface area contributed by atoms with Gasteiger partial charge >= 0.3 is 18.2 Å². The number of carbonyl (C=O) groups excluding carboxylic acids is 2. The molecule has 0 aromatic heterocycles. The van der Waals surface area contributed by atoms with Gasteiger partial charge in [-0.3, -0.25) is 0 Å². The molecule has 2 amide bonds. The van der Waals surface area contributed by atoms with Gasteiger partial charge in [-0.05, 0) is 34.1 Å². The maximum atomic E-state index is 12.1. The van der Waals surface area contributed by atoms with Crippen molar-refractivity contribution in [3.63, 3.8) is 0 Å². The van der Waals surface area contributed by atoms with Crippen molar-refractivity contribution in [2.24, 2.45) is 0 Å². The molecule has 0 saturated carbocycles. The highest BCUT2D eigenvalue weighted by Crippen LogP contribution is 2.23. The zero-order chi connectivity index (χ0) is 17.1. The minimum Gasteiger partial charge on any atom is -0.464 e. The molecule has 1 heterocycles. The normalized spacial score (nSPS) is 22.2. The molecule has 126 valence electrons. The highest BCUT2D eigenvalue weighted by atomic mass is 16.6. The second-order valence-corrected chi connectivity index (χ2v) is 5.78. The summed E-state index contributed by atoms with van der Waals surface area (Å²) in [6, 6.07) is -1.50. The SMILES string of the molecule is CCOC(=O)[C@@H]1[C@@H](O)CCN(C(=O)OC(C)(C)C)N1C(=O)O. The third-order valence-corrected chi connectivity index (χ3v) is 2.85. The molecule has 1 aliphatic heterocycles. The van der Waals surface area contributed by atoms with Crippen LogP contribution in [-0.4, -0.2) is 69.3 Å². The molecule has 9 heteroatoms. The summed E-state index contributed by atoms with van der Waals surface area (Å²) in [5.74, 6) is -0.911. The number of nitrogens with zero attached hydrogens (tertiary/aromatic N) is 2. The molecule has 0 aliphatic carbocycles. The Balaban J connectivity index is 3.05. The smallest absolute Gasteiger partial charge is 0.429 e. The summed E-state index contributed by atoms with van der Waals surface area (Å²) in [7, 11) is 0. The summed E-state index contributed by atoms with van der Waals surface area (Å²) < 4.78 is 9.91. The molecule has 0 aromatic rings. The number of hydrogen-bond acceptors (Lipinski definition) is 6. The predicted octanol–water partition coefficient (Wildman–Crippen LogP) is 0.815. The Morgan fingerprint density at radius 3 is 2.32 bits per heavy atom. The molecule has 2 atom stereocenters. The van der Waals surface area contributed by atoms with E-state index in [9.17, 15) is 24.6 Å². The fourth-order valence-electron chi connectivity index (χ4n) is 2.03. The lowest BCUT2D eigenvalue weighted by Gasteiger charge is -2.43. The minimum absolute atomic E-state index is 0.0297. The van der Waals surface area contributed by atoms with Crippen LogP contribution >= 0.6 is 0 Å². The fraction of sp³-hybridized carbons (Fsp3) is 0.769. The Kier molecular flexibility index (Phi) is 5.59. The number of carbonyl (C=O) groups is 3. The van der Waals surface area contributed by atoms with E-state index in [1.54, 1.807) is 27.7 Å².